The number of nitrogens with zero attached hydrogens (tertiary/aromatic N) is 1. The molecule has 2 heteroatoms. The lowest BCUT2D eigenvalue weighted by Gasteiger charge is -2.38. The van der Waals surface area contributed by atoms with E-state index in [1.54, 1.807) is 0 Å². The van der Waals surface area contributed by atoms with Crippen LogP contribution in [0.1, 0.15) is 54.4 Å². The predicted octanol–water partition coefficient (Wildman–Crippen LogP) is 3.13. The van der Waals surface area contributed by atoms with Gasteiger partial charge in [0.2, 0.25) is 0 Å². The summed E-state index contributed by atoms with van der Waals surface area (Å²) in [6, 6.07) is 1.34. The lowest BCUT2D eigenvalue weighted by Crippen LogP contribution is -2.52. The van der Waals surface area contributed by atoms with Gasteiger partial charge < -0.3 is 10.2 Å². The second kappa shape index (κ2) is 5.27. The molecule has 102 valence electrons. The van der Waals surface area contributed by atoms with Crippen molar-refractivity contribution in [2.75, 3.05) is 20.1 Å². The van der Waals surface area contributed by atoms with Gasteiger partial charge in [-0.25, -0.2) is 0 Å². The van der Waals surface area contributed by atoms with Crippen LogP contribution in [0.3, 0.4) is 0 Å². The summed E-state index contributed by atoms with van der Waals surface area (Å²) in [5, 5.41) is 3.71. The molecule has 0 aliphatic heterocycles. The molecule has 1 saturated carbocycles. The Hall–Kier alpha value is -0.0800. The van der Waals surface area contributed by atoms with Crippen LogP contribution in [0.5, 0.6) is 0 Å². The van der Waals surface area contributed by atoms with Gasteiger partial charge in [0.1, 0.15) is 0 Å². The summed E-state index contributed by atoms with van der Waals surface area (Å²) in [4.78, 5) is 2.57. The first kappa shape index (κ1) is 15.0. The molecule has 0 aromatic rings. The standard InChI is InChI=1S/C15H32N2/c1-8-16-13-12(9-10-15(13,5)6)17(7)11-14(2,3)4/h12-13,16H,8-11H2,1-7H3. The fourth-order valence-electron chi connectivity index (χ4n) is 3.34. The Labute approximate surface area is 108 Å². The monoisotopic (exact) mass is 240 g/mol. The molecule has 0 spiro atoms. The largest absolute Gasteiger partial charge is 0.312 e. The van der Waals surface area contributed by atoms with Crippen LogP contribution < -0.4 is 5.32 Å². The number of nitrogens with one attached hydrogen (secondary N) is 1. The van der Waals surface area contributed by atoms with Crippen LogP contribution in [0.4, 0.5) is 0 Å². The van der Waals surface area contributed by atoms with Gasteiger partial charge in [0.15, 0.2) is 0 Å². The quantitative estimate of drug-likeness (QED) is 0.812. The molecule has 0 aromatic carbocycles. The summed E-state index contributed by atoms with van der Waals surface area (Å²) >= 11 is 0. The van der Waals surface area contributed by atoms with Crippen LogP contribution in [0, 0.1) is 10.8 Å². The smallest absolute Gasteiger partial charge is 0.0274 e. The number of hydrogen-bond acceptors (Lipinski definition) is 2. The van der Waals surface area contributed by atoms with Crippen molar-refractivity contribution in [2.24, 2.45) is 10.8 Å². The minimum Gasteiger partial charge on any atom is -0.312 e. The molecule has 2 atom stereocenters. The van der Waals surface area contributed by atoms with E-state index in [0.717, 1.165) is 6.54 Å². The molecule has 0 radical (unpaired) electrons. The van der Waals surface area contributed by atoms with Crippen molar-refractivity contribution in [3.8, 4) is 0 Å². The van der Waals surface area contributed by atoms with Gasteiger partial charge in [-0.15, -0.1) is 0 Å². The Morgan fingerprint density at radius 3 is 2.35 bits per heavy atom. The van der Waals surface area contributed by atoms with Crippen molar-refractivity contribution in [1.29, 1.82) is 0 Å². The molecule has 0 aromatic heterocycles. The van der Waals surface area contributed by atoms with E-state index in [0.29, 0.717) is 22.9 Å². The molecular formula is C15H32N2. The molecule has 0 bridgehead atoms. The maximum Gasteiger partial charge on any atom is 0.0274 e. The molecule has 1 fully saturated rings. The Kier molecular flexibility index (Phi) is 4.65. The summed E-state index contributed by atoms with van der Waals surface area (Å²) in [7, 11) is 2.29. The van der Waals surface area contributed by atoms with Crippen molar-refractivity contribution in [1.82, 2.24) is 10.2 Å². The average Bonchev–Trinajstić information content (AvgIpc) is 2.40. The third kappa shape index (κ3) is 3.96. The van der Waals surface area contributed by atoms with Gasteiger partial charge in [-0.1, -0.05) is 41.5 Å². The minimum absolute atomic E-state index is 0.387. The van der Waals surface area contributed by atoms with Gasteiger partial charge in [-0.2, -0.15) is 0 Å². The maximum atomic E-state index is 3.71. The molecule has 0 heterocycles. The number of likely N-dealkylation sites (N-methyl/N-ethyl adjacent to an activating group) is 2. The highest BCUT2D eigenvalue weighted by molar-refractivity contribution is 5.00. The summed E-state index contributed by atoms with van der Waals surface area (Å²) in [6.07, 6.45) is 2.67. The predicted molar refractivity (Wildman–Crippen MR) is 76.4 cm³/mol. The van der Waals surface area contributed by atoms with Gasteiger partial charge in [0.05, 0.1) is 0 Å². The van der Waals surface area contributed by atoms with Crippen LogP contribution in [0.25, 0.3) is 0 Å². The van der Waals surface area contributed by atoms with E-state index in [4.69, 9.17) is 0 Å². The lowest BCUT2D eigenvalue weighted by molar-refractivity contribution is 0.133. The van der Waals surface area contributed by atoms with E-state index in [1.807, 2.05) is 0 Å². The Balaban J connectivity index is 2.69. The van der Waals surface area contributed by atoms with E-state index in [9.17, 15) is 0 Å². The van der Waals surface area contributed by atoms with Gasteiger partial charge in [-0.05, 0) is 37.3 Å². The molecule has 1 rings (SSSR count). The van der Waals surface area contributed by atoms with E-state index >= 15 is 0 Å². The SMILES string of the molecule is CCNC1C(N(C)CC(C)(C)C)CCC1(C)C. The molecule has 1 N–H and O–H groups in total. The second-order valence-corrected chi connectivity index (χ2v) is 7.61. The highest BCUT2D eigenvalue weighted by Crippen LogP contribution is 2.40. The zero-order valence-electron chi connectivity index (χ0n) is 12.9. The number of hydrogen-bond donors (Lipinski definition) is 1. The topological polar surface area (TPSA) is 15.3 Å². The second-order valence-electron chi connectivity index (χ2n) is 7.61. The molecule has 1 aliphatic carbocycles. The van der Waals surface area contributed by atoms with Crippen LogP contribution in [0.15, 0.2) is 0 Å². The third-order valence-electron chi connectivity index (χ3n) is 4.03. The molecule has 2 nitrogen and oxygen atoms in total. The Morgan fingerprint density at radius 1 is 1.29 bits per heavy atom. The molecule has 17 heavy (non-hydrogen) atoms. The first-order valence-corrected chi connectivity index (χ1v) is 7.11. The zero-order chi connectivity index (χ0) is 13.3. The fourth-order valence-corrected chi connectivity index (χ4v) is 3.34. The third-order valence-corrected chi connectivity index (χ3v) is 4.03. The molecule has 0 saturated heterocycles. The maximum absolute atomic E-state index is 3.71. The van der Waals surface area contributed by atoms with Gasteiger partial charge in [0.25, 0.3) is 0 Å². The molecule has 1 aliphatic rings. The fraction of sp³-hybridized carbons (Fsp3) is 1.00. The minimum atomic E-state index is 0.387. The Morgan fingerprint density at radius 2 is 1.88 bits per heavy atom. The first-order valence-electron chi connectivity index (χ1n) is 7.11. The van der Waals surface area contributed by atoms with E-state index in [1.165, 1.54) is 19.4 Å². The molecule has 0 amide bonds. The molecular weight excluding hydrogens is 208 g/mol. The Bertz CT molecular complexity index is 240. The lowest BCUT2D eigenvalue weighted by atomic mass is 9.86. The summed E-state index contributed by atoms with van der Waals surface area (Å²) in [5.41, 5.74) is 0.824. The van der Waals surface area contributed by atoms with E-state index < -0.39 is 0 Å². The number of rotatable bonds is 4. The summed E-state index contributed by atoms with van der Waals surface area (Å²) in [5.74, 6) is 0. The summed E-state index contributed by atoms with van der Waals surface area (Å²) in [6.45, 7) is 16.3. The van der Waals surface area contributed by atoms with Crippen LogP contribution in [-0.2, 0) is 0 Å². The highest BCUT2D eigenvalue weighted by Gasteiger charge is 2.43. The van der Waals surface area contributed by atoms with E-state index in [2.05, 4.69) is 58.8 Å². The molecule has 2 unspecified atom stereocenters. The normalized spacial score (nSPS) is 28.9. The average molecular weight is 240 g/mol. The van der Waals surface area contributed by atoms with Crippen LogP contribution in [0.2, 0.25) is 0 Å². The van der Waals surface area contributed by atoms with Crippen molar-refractivity contribution >= 4 is 0 Å². The van der Waals surface area contributed by atoms with Crippen molar-refractivity contribution < 1.29 is 0 Å². The first-order chi connectivity index (χ1) is 7.67. The zero-order valence-corrected chi connectivity index (χ0v) is 12.9. The van der Waals surface area contributed by atoms with Gasteiger partial charge >= 0.3 is 0 Å². The van der Waals surface area contributed by atoms with Gasteiger partial charge in [-0.3, -0.25) is 0 Å². The van der Waals surface area contributed by atoms with E-state index in [-0.39, 0.29) is 0 Å². The van der Waals surface area contributed by atoms with Crippen molar-refractivity contribution in [3.05, 3.63) is 0 Å². The van der Waals surface area contributed by atoms with Crippen molar-refractivity contribution in [2.45, 2.75) is 66.5 Å². The van der Waals surface area contributed by atoms with Crippen molar-refractivity contribution in [3.63, 3.8) is 0 Å². The highest BCUT2D eigenvalue weighted by atomic mass is 15.2. The summed E-state index contributed by atoms with van der Waals surface area (Å²) < 4.78 is 0. The van der Waals surface area contributed by atoms with Crippen LogP contribution >= 0.6 is 0 Å². The van der Waals surface area contributed by atoms with Gasteiger partial charge in [0, 0.05) is 18.6 Å². The van der Waals surface area contributed by atoms with Crippen LogP contribution in [-0.4, -0.2) is 37.1 Å².